The lowest BCUT2D eigenvalue weighted by molar-refractivity contribution is 1.07. The van der Waals surface area contributed by atoms with Gasteiger partial charge in [-0.1, -0.05) is 127 Å². The van der Waals surface area contributed by atoms with Crippen molar-refractivity contribution in [2.24, 2.45) is 0 Å². The highest BCUT2D eigenvalue weighted by Crippen LogP contribution is 2.44. The molecular formula is C50H31N5S. The smallest absolute Gasteiger partial charge is 0.168 e. The molecule has 0 saturated heterocycles. The van der Waals surface area contributed by atoms with Gasteiger partial charge in [0.2, 0.25) is 0 Å². The van der Waals surface area contributed by atoms with Crippen LogP contribution < -0.4 is 0 Å². The highest BCUT2D eigenvalue weighted by atomic mass is 32.1. The summed E-state index contributed by atoms with van der Waals surface area (Å²) in [7, 11) is 0. The van der Waals surface area contributed by atoms with E-state index in [-0.39, 0.29) is 0 Å². The molecule has 4 aromatic heterocycles. The first-order chi connectivity index (χ1) is 27.8. The minimum Gasteiger partial charge on any atom is -0.309 e. The van der Waals surface area contributed by atoms with Crippen molar-refractivity contribution in [3.05, 3.63) is 188 Å². The van der Waals surface area contributed by atoms with Gasteiger partial charge in [-0.15, -0.1) is 21.5 Å². The second-order valence-corrected chi connectivity index (χ2v) is 15.3. The molecule has 0 aliphatic carbocycles. The van der Waals surface area contributed by atoms with Gasteiger partial charge < -0.3 is 9.13 Å². The lowest BCUT2D eigenvalue weighted by Gasteiger charge is -2.14. The zero-order valence-corrected chi connectivity index (χ0v) is 30.9. The third-order valence-corrected chi connectivity index (χ3v) is 12.4. The van der Waals surface area contributed by atoms with Crippen molar-refractivity contribution in [1.29, 1.82) is 0 Å². The summed E-state index contributed by atoms with van der Waals surface area (Å²) in [5, 5.41) is 17.2. The highest BCUT2D eigenvalue weighted by molar-refractivity contribution is 7.26. The van der Waals surface area contributed by atoms with Crippen LogP contribution in [0.25, 0.3) is 104 Å². The van der Waals surface area contributed by atoms with E-state index in [4.69, 9.17) is 10.2 Å². The molecule has 262 valence electrons. The van der Waals surface area contributed by atoms with Crippen molar-refractivity contribution in [1.82, 2.24) is 23.9 Å². The Morgan fingerprint density at radius 2 is 0.911 bits per heavy atom. The average molecular weight is 734 g/mol. The predicted octanol–water partition coefficient (Wildman–Crippen LogP) is 13.2. The molecule has 0 bridgehead atoms. The zero-order chi connectivity index (χ0) is 36.7. The van der Waals surface area contributed by atoms with E-state index in [2.05, 4.69) is 177 Å². The summed E-state index contributed by atoms with van der Waals surface area (Å²) < 4.78 is 9.66. The van der Waals surface area contributed by atoms with E-state index < -0.39 is 0 Å². The largest absolute Gasteiger partial charge is 0.309 e. The summed E-state index contributed by atoms with van der Waals surface area (Å²) in [6, 6.07) is 67.2. The van der Waals surface area contributed by atoms with Gasteiger partial charge in [0, 0.05) is 69.9 Å². The number of para-hydroxylation sites is 3. The minimum atomic E-state index is 0.792. The maximum Gasteiger partial charge on any atom is 0.168 e. The standard InChI is InChI=1S/C50H31N5S/c1-3-14-32(15-4-1)49-51-52-50(55(49)34-16-5-2-6-17-34)33-26-27-38-37-20-7-10-23-42(37)54(45(38)30-33)36-19-13-18-35(31-36)53-43-24-11-8-22-41(43)47-44(53)29-28-40-39-21-9-12-25-46(39)56-48(40)47/h1-31H. The monoisotopic (exact) mass is 733 g/mol. The maximum absolute atomic E-state index is 4.84. The molecule has 6 heteroatoms. The Balaban J connectivity index is 1.08. The number of hydrogen-bond acceptors (Lipinski definition) is 3. The van der Waals surface area contributed by atoms with Crippen molar-refractivity contribution in [3.8, 4) is 39.8 Å². The Hall–Kier alpha value is -7.28. The fraction of sp³-hybridized carbons (Fsp3) is 0. The first kappa shape index (κ1) is 31.1. The third-order valence-electron chi connectivity index (χ3n) is 11.2. The van der Waals surface area contributed by atoms with Crippen LogP contribution in [0.5, 0.6) is 0 Å². The molecule has 12 rings (SSSR count). The fourth-order valence-corrected chi connectivity index (χ4v) is 10.00. The summed E-state index contributed by atoms with van der Waals surface area (Å²) in [4.78, 5) is 0. The van der Waals surface area contributed by atoms with Crippen LogP contribution in [0, 0.1) is 0 Å². The number of rotatable bonds is 5. The van der Waals surface area contributed by atoms with Crippen molar-refractivity contribution in [2.45, 2.75) is 0 Å². The van der Waals surface area contributed by atoms with Crippen LogP contribution in [0.1, 0.15) is 0 Å². The van der Waals surface area contributed by atoms with Gasteiger partial charge in [0.25, 0.3) is 0 Å². The highest BCUT2D eigenvalue weighted by Gasteiger charge is 2.21. The van der Waals surface area contributed by atoms with Crippen LogP contribution in [-0.4, -0.2) is 23.9 Å². The molecule has 0 spiro atoms. The van der Waals surface area contributed by atoms with Crippen LogP contribution >= 0.6 is 11.3 Å². The van der Waals surface area contributed by atoms with E-state index in [0.29, 0.717) is 0 Å². The summed E-state index contributed by atoms with van der Waals surface area (Å²) in [5.41, 5.74) is 9.90. The molecule has 0 radical (unpaired) electrons. The molecule has 0 atom stereocenters. The lowest BCUT2D eigenvalue weighted by atomic mass is 10.1. The Morgan fingerprint density at radius 3 is 1.70 bits per heavy atom. The first-order valence-corrected chi connectivity index (χ1v) is 19.7. The van der Waals surface area contributed by atoms with Gasteiger partial charge >= 0.3 is 0 Å². The molecule has 0 N–H and O–H groups in total. The van der Waals surface area contributed by atoms with Crippen LogP contribution in [0.15, 0.2) is 188 Å². The van der Waals surface area contributed by atoms with Gasteiger partial charge in [-0.25, -0.2) is 0 Å². The molecule has 0 amide bonds. The molecule has 0 aliphatic heterocycles. The van der Waals surface area contributed by atoms with Crippen molar-refractivity contribution < 1.29 is 0 Å². The van der Waals surface area contributed by atoms with E-state index in [1.807, 2.05) is 35.6 Å². The topological polar surface area (TPSA) is 40.6 Å². The van der Waals surface area contributed by atoms with Gasteiger partial charge in [-0.2, -0.15) is 0 Å². The van der Waals surface area contributed by atoms with E-state index in [0.717, 1.165) is 50.9 Å². The Morgan fingerprint density at radius 1 is 0.339 bits per heavy atom. The van der Waals surface area contributed by atoms with Gasteiger partial charge in [-0.05, 0) is 60.7 Å². The number of nitrogens with zero attached hydrogens (tertiary/aromatic N) is 5. The van der Waals surface area contributed by atoms with Crippen molar-refractivity contribution >= 4 is 75.1 Å². The predicted molar refractivity (Wildman–Crippen MR) is 234 cm³/mol. The molecule has 0 aliphatic rings. The number of fused-ring (bicyclic) bond motifs is 10. The Bertz CT molecular complexity index is 3480. The Labute approximate surface area is 325 Å². The molecule has 0 fully saturated rings. The molecule has 0 unspecified atom stereocenters. The van der Waals surface area contributed by atoms with Gasteiger partial charge in [0.15, 0.2) is 11.6 Å². The quantitative estimate of drug-likeness (QED) is 0.177. The molecule has 0 saturated carbocycles. The van der Waals surface area contributed by atoms with E-state index in [1.54, 1.807) is 0 Å². The lowest BCUT2D eigenvalue weighted by Crippen LogP contribution is -2.01. The van der Waals surface area contributed by atoms with Crippen LogP contribution in [0.4, 0.5) is 0 Å². The van der Waals surface area contributed by atoms with Crippen LogP contribution in [0.2, 0.25) is 0 Å². The first-order valence-electron chi connectivity index (χ1n) is 18.8. The van der Waals surface area contributed by atoms with E-state index in [9.17, 15) is 0 Å². The Kier molecular flexibility index (Phi) is 6.73. The van der Waals surface area contributed by atoms with Crippen molar-refractivity contribution in [2.75, 3.05) is 0 Å². The fourth-order valence-electron chi connectivity index (χ4n) is 8.74. The van der Waals surface area contributed by atoms with E-state index >= 15 is 0 Å². The van der Waals surface area contributed by atoms with Gasteiger partial charge in [-0.3, -0.25) is 4.57 Å². The zero-order valence-electron chi connectivity index (χ0n) is 30.0. The maximum atomic E-state index is 4.84. The molecule has 8 aromatic carbocycles. The molecule has 4 heterocycles. The molecule has 5 nitrogen and oxygen atoms in total. The second-order valence-electron chi connectivity index (χ2n) is 14.3. The molecule has 12 aromatic rings. The minimum absolute atomic E-state index is 0.792. The summed E-state index contributed by atoms with van der Waals surface area (Å²) in [6.07, 6.45) is 0. The second kappa shape index (κ2) is 12.1. The summed E-state index contributed by atoms with van der Waals surface area (Å²) in [6.45, 7) is 0. The number of aromatic nitrogens is 5. The van der Waals surface area contributed by atoms with Gasteiger partial charge in [0.05, 0.1) is 22.1 Å². The molecule has 56 heavy (non-hydrogen) atoms. The number of thiophene rings is 1. The SMILES string of the molecule is c1ccc(-c2nnc(-c3ccc4c5ccccc5n(-c5cccc(-n6c7ccccc7c7c8sc9ccccc9c8ccc76)c5)c4c3)n2-c2ccccc2)cc1. The van der Waals surface area contributed by atoms with Crippen LogP contribution in [0.3, 0.4) is 0 Å². The number of benzene rings is 8. The molecular weight excluding hydrogens is 703 g/mol. The van der Waals surface area contributed by atoms with Gasteiger partial charge in [0.1, 0.15) is 0 Å². The third kappa shape index (κ3) is 4.54. The average Bonchev–Trinajstić information content (AvgIpc) is 4.03. The summed E-state index contributed by atoms with van der Waals surface area (Å²) in [5.74, 6) is 1.60. The summed E-state index contributed by atoms with van der Waals surface area (Å²) >= 11 is 1.89. The normalized spacial score (nSPS) is 11.9. The van der Waals surface area contributed by atoms with Crippen LogP contribution in [-0.2, 0) is 0 Å². The van der Waals surface area contributed by atoms with Crippen molar-refractivity contribution in [3.63, 3.8) is 0 Å². The number of hydrogen-bond donors (Lipinski definition) is 0. The van der Waals surface area contributed by atoms with E-state index in [1.165, 1.54) is 52.8 Å².